The van der Waals surface area contributed by atoms with E-state index in [2.05, 4.69) is 12.2 Å². The quantitative estimate of drug-likeness (QED) is 0.115. The van der Waals surface area contributed by atoms with Crippen LogP contribution < -0.4 is 5.32 Å². The summed E-state index contributed by atoms with van der Waals surface area (Å²) in [7, 11) is 6.30. The van der Waals surface area contributed by atoms with Gasteiger partial charge in [-0.05, 0) is 90.2 Å². The summed E-state index contributed by atoms with van der Waals surface area (Å²) < 4.78 is 67.5. The van der Waals surface area contributed by atoms with E-state index >= 15 is 0 Å². The van der Waals surface area contributed by atoms with Gasteiger partial charge in [-0.15, -0.1) is 0 Å². The van der Waals surface area contributed by atoms with Crippen molar-refractivity contribution in [3.05, 3.63) is 41.5 Å². The van der Waals surface area contributed by atoms with Crippen LogP contribution in [0.15, 0.2) is 35.9 Å². The number of esters is 2. The molecule has 3 saturated carbocycles. The highest BCUT2D eigenvalue weighted by atomic mass is 16.8. The van der Waals surface area contributed by atoms with Crippen LogP contribution >= 0.6 is 0 Å². The van der Waals surface area contributed by atoms with Crippen LogP contribution in [0.2, 0.25) is 0 Å². The van der Waals surface area contributed by atoms with Gasteiger partial charge in [0.2, 0.25) is 0 Å². The smallest absolute Gasteiger partial charge is 0.340 e. The molecule has 0 amide bonds. The first kappa shape index (κ1) is 54.4. The number of carbonyl (C=O) groups is 2. The van der Waals surface area contributed by atoms with Crippen LogP contribution in [0.4, 0.5) is 5.69 Å². The average molecular weight is 1010 g/mol. The Balaban J connectivity index is 0.924. The van der Waals surface area contributed by atoms with Crippen LogP contribution in [0.3, 0.4) is 0 Å². The number of rotatable bonds is 14. The number of fused-ring (bicyclic) bond motifs is 5. The third-order valence-corrected chi connectivity index (χ3v) is 18.1. The Bertz CT molecular complexity index is 2100. The van der Waals surface area contributed by atoms with Crippen molar-refractivity contribution >= 4 is 17.6 Å². The summed E-state index contributed by atoms with van der Waals surface area (Å²) in [6.07, 6.45) is -7.16. The van der Waals surface area contributed by atoms with Crippen molar-refractivity contribution in [1.82, 2.24) is 0 Å². The van der Waals surface area contributed by atoms with E-state index in [1.807, 2.05) is 19.9 Å². The van der Waals surface area contributed by atoms with Gasteiger partial charge in [0.1, 0.15) is 59.5 Å². The summed E-state index contributed by atoms with van der Waals surface area (Å²) in [4.78, 5) is 26.5. The number of ether oxygens (including phenoxy) is 11. The maximum atomic E-state index is 13.6. The Morgan fingerprint density at radius 2 is 1.42 bits per heavy atom. The molecule has 400 valence electrons. The first-order valence-electron chi connectivity index (χ1n) is 25.4. The standard InChI is InChI=1S/C52H79NO18/c1-26-41(55)45(63-11)42(56)47(66-26)71-44-28(3)65-40(24-36(44)62-10)70-43-27(2)64-39(23-35(43)61-9)69-32-17-18-48(6)31(22-32)16-19-51(59)37(48)25-38(68-30(5)54)49(7)50(58,20-21-52(49,51)60)29(4)67-46(57)33-14-12-13-15-34(33)53-8/h12-16,26-29,32,35-45,47,53,55-56,58-60H,17-25H2,1-11H3. The summed E-state index contributed by atoms with van der Waals surface area (Å²) in [6.45, 7) is 12.1. The van der Waals surface area contributed by atoms with E-state index in [0.29, 0.717) is 37.8 Å². The zero-order chi connectivity index (χ0) is 51.6. The number of benzene rings is 1. The molecule has 22 atom stereocenters. The molecule has 0 aromatic heterocycles. The maximum Gasteiger partial charge on any atom is 0.340 e. The molecule has 0 bridgehead atoms. The van der Waals surface area contributed by atoms with Crippen molar-refractivity contribution in [2.24, 2.45) is 16.7 Å². The molecule has 8 rings (SSSR count). The second-order valence-electron chi connectivity index (χ2n) is 21.6. The number of aliphatic hydroxyl groups is 5. The molecule has 3 aliphatic heterocycles. The number of para-hydroxylation sites is 1. The topological polar surface area (TPSA) is 249 Å². The van der Waals surface area contributed by atoms with E-state index < -0.39 is 138 Å². The Labute approximate surface area is 417 Å². The molecule has 19 nitrogen and oxygen atoms in total. The van der Waals surface area contributed by atoms with Gasteiger partial charge >= 0.3 is 11.9 Å². The lowest BCUT2D eigenvalue weighted by Crippen LogP contribution is -2.78. The Morgan fingerprint density at radius 1 is 0.789 bits per heavy atom. The molecule has 6 fully saturated rings. The van der Waals surface area contributed by atoms with E-state index in [1.165, 1.54) is 14.0 Å². The van der Waals surface area contributed by atoms with Crippen LogP contribution in [0.1, 0.15) is 117 Å². The third kappa shape index (κ3) is 9.18. The predicted octanol–water partition coefficient (Wildman–Crippen LogP) is 3.68. The van der Waals surface area contributed by atoms with Gasteiger partial charge in [0.25, 0.3) is 0 Å². The van der Waals surface area contributed by atoms with Crippen molar-refractivity contribution in [1.29, 1.82) is 0 Å². The highest BCUT2D eigenvalue weighted by Crippen LogP contribution is 2.71. The lowest BCUT2D eigenvalue weighted by Gasteiger charge is -2.67. The minimum absolute atomic E-state index is 0.0212. The summed E-state index contributed by atoms with van der Waals surface area (Å²) in [5.74, 6) is -1.83. The van der Waals surface area contributed by atoms with Gasteiger partial charge < -0.3 is 83.0 Å². The van der Waals surface area contributed by atoms with Crippen LogP contribution in [0, 0.1) is 16.7 Å². The molecule has 19 heteroatoms. The van der Waals surface area contributed by atoms with Gasteiger partial charge in [-0.25, -0.2) is 4.79 Å². The van der Waals surface area contributed by atoms with E-state index in [4.69, 9.17) is 52.1 Å². The molecule has 0 spiro atoms. The van der Waals surface area contributed by atoms with E-state index in [-0.39, 0.29) is 37.4 Å². The molecular formula is C52H79NO18. The molecule has 3 heterocycles. The first-order chi connectivity index (χ1) is 33.5. The Morgan fingerprint density at radius 3 is 2.04 bits per heavy atom. The number of anilines is 1. The van der Waals surface area contributed by atoms with Crippen molar-refractivity contribution in [2.75, 3.05) is 33.7 Å². The van der Waals surface area contributed by atoms with Gasteiger partial charge in [-0.1, -0.05) is 37.6 Å². The number of hydrogen-bond acceptors (Lipinski definition) is 19. The largest absolute Gasteiger partial charge is 0.462 e. The fraction of sp³-hybridized carbons (Fsp3) is 0.808. The maximum absolute atomic E-state index is 13.6. The number of carbonyl (C=O) groups excluding carboxylic acids is 2. The van der Waals surface area contributed by atoms with Gasteiger partial charge in [-0.2, -0.15) is 0 Å². The first-order valence-corrected chi connectivity index (χ1v) is 25.4. The molecule has 71 heavy (non-hydrogen) atoms. The molecule has 1 aromatic carbocycles. The second kappa shape index (κ2) is 20.7. The molecule has 0 radical (unpaired) electrons. The van der Waals surface area contributed by atoms with E-state index in [9.17, 15) is 35.1 Å². The second-order valence-corrected chi connectivity index (χ2v) is 21.6. The van der Waals surface area contributed by atoms with Gasteiger partial charge in [-0.3, -0.25) is 4.79 Å². The molecule has 4 aliphatic carbocycles. The number of nitrogens with one attached hydrogen (secondary N) is 1. The monoisotopic (exact) mass is 1010 g/mol. The molecule has 22 unspecified atom stereocenters. The van der Waals surface area contributed by atoms with Gasteiger partial charge in [0.15, 0.2) is 18.9 Å². The highest BCUT2D eigenvalue weighted by molar-refractivity contribution is 5.95. The van der Waals surface area contributed by atoms with Crippen LogP contribution in [0.25, 0.3) is 0 Å². The Kier molecular flexibility index (Phi) is 15.9. The van der Waals surface area contributed by atoms with Crippen LogP contribution in [-0.2, 0) is 56.9 Å². The normalized spacial score (nSPS) is 47.0. The zero-order valence-electron chi connectivity index (χ0n) is 43.1. The highest BCUT2D eigenvalue weighted by Gasteiger charge is 2.81. The average Bonchev–Trinajstić information content (AvgIpc) is 3.57. The minimum Gasteiger partial charge on any atom is -0.462 e. The molecule has 7 aliphatic rings. The summed E-state index contributed by atoms with van der Waals surface area (Å²) in [5.41, 5.74) is -5.97. The van der Waals surface area contributed by atoms with E-state index in [0.717, 1.165) is 5.57 Å². The van der Waals surface area contributed by atoms with E-state index in [1.54, 1.807) is 66.3 Å². The molecule has 6 N–H and O–H groups in total. The zero-order valence-corrected chi connectivity index (χ0v) is 43.1. The summed E-state index contributed by atoms with van der Waals surface area (Å²) >= 11 is 0. The van der Waals surface area contributed by atoms with Gasteiger partial charge in [0, 0.05) is 59.7 Å². The number of hydrogen-bond donors (Lipinski definition) is 6. The van der Waals surface area contributed by atoms with Crippen LogP contribution in [-0.4, -0.2) is 181 Å². The third-order valence-electron chi connectivity index (χ3n) is 18.1. The fourth-order valence-corrected chi connectivity index (χ4v) is 14.0. The summed E-state index contributed by atoms with van der Waals surface area (Å²) in [6, 6.07) is 6.87. The lowest BCUT2D eigenvalue weighted by atomic mass is 9.42. The SMILES string of the molecule is CNc1ccccc1C(=O)OC(C)C1(O)CCC2(O)C3(O)CC=C4CC(OC5CC(OC)C(OC6CC(OC)C(OC7OC(C)C(O)C(OC)C7O)C(C)O6)C(C)O5)CCC4(C)C3CC(OC(C)=O)C12C. The van der Waals surface area contributed by atoms with Crippen LogP contribution in [0.5, 0.6) is 0 Å². The number of aliphatic hydroxyl groups excluding tert-OH is 2. The predicted molar refractivity (Wildman–Crippen MR) is 253 cm³/mol. The van der Waals surface area contributed by atoms with Crippen molar-refractivity contribution < 1.29 is 87.2 Å². The van der Waals surface area contributed by atoms with Crippen molar-refractivity contribution in [3.63, 3.8) is 0 Å². The Hall–Kier alpha value is -2.86. The minimum atomic E-state index is -1.95. The fourth-order valence-electron chi connectivity index (χ4n) is 14.0. The van der Waals surface area contributed by atoms with Crippen molar-refractivity contribution in [2.45, 2.75) is 221 Å². The molecule has 3 saturated heterocycles. The number of methoxy groups -OCH3 is 3. The summed E-state index contributed by atoms with van der Waals surface area (Å²) in [5, 5.41) is 63.4. The lowest BCUT2D eigenvalue weighted by molar-refractivity contribution is -0.352. The molecular weight excluding hydrogens is 927 g/mol. The van der Waals surface area contributed by atoms with Gasteiger partial charge in [0.05, 0.1) is 47.6 Å². The molecule has 1 aromatic rings. The van der Waals surface area contributed by atoms with Crippen molar-refractivity contribution in [3.8, 4) is 0 Å².